The first-order valence-electron chi connectivity index (χ1n) is 8.31. The third kappa shape index (κ3) is 10.1. The maximum absolute atomic E-state index is 5.70. The lowest BCUT2D eigenvalue weighted by Crippen LogP contribution is -2.22. The molecule has 1 saturated heterocycles. The highest BCUT2D eigenvalue weighted by molar-refractivity contribution is 4.81. The molecular formula is C17H32O2. The molecule has 1 rings (SSSR count). The zero-order valence-electron chi connectivity index (χ0n) is 12.7. The summed E-state index contributed by atoms with van der Waals surface area (Å²) in [5.41, 5.74) is 0. The van der Waals surface area contributed by atoms with Crippen molar-refractivity contribution in [2.75, 3.05) is 13.2 Å². The van der Waals surface area contributed by atoms with Crippen molar-refractivity contribution in [2.45, 2.75) is 83.8 Å². The summed E-state index contributed by atoms with van der Waals surface area (Å²) in [4.78, 5) is 0. The van der Waals surface area contributed by atoms with Gasteiger partial charge in [-0.05, 0) is 44.9 Å². The van der Waals surface area contributed by atoms with E-state index < -0.39 is 0 Å². The molecule has 1 unspecified atom stereocenters. The van der Waals surface area contributed by atoms with Crippen molar-refractivity contribution in [1.29, 1.82) is 0 Å². The minimum Gasteiger partial charge on any atom is -0.353 e. The number of hydrogen-bond acceptors (Lipinski definition) is 2. The van der Waals surface area contributed by atoms with Crippen LogP contribution in [-0.2, 0) is 9.47 Å². The van der Waals surface area contributed by atoms with Gasteiger partial charge in [-0.25, -0.2) is 0 Å². The summed E-state index contributed by atoms with van der Waals surface area (Å²) in [5, 5.41) is 0. The second-order valence-corrected chi connectivity index (χ2v) is 5.48. The van der Waals surface area contributed by atoms with Gasteiger partial charge >= 0.3 is 0 Å². The predicted octanol–water partition coefficient (Wildman–Crippen LogP) is 5.23. The summed E-state index contributed by atoms with van der Waals surface area (Å²) in [6, 6.07) is 0. The molecule has 0 bridgehead atoms. The molecule has 2 nitrogen and oxygen atoms in total. The largest absolute Gasteiger partial charge is 0.353 e. The zero-order valence-corrected chi connectivity index (χ0v) is 12.7. The Bertz CT molecular complexity index is 207. The molecule has 2 heteroatoms. The predicted molar refractivity (Wildman–Crippen MR) is 81.3 cm³/mol. The molecule has 0 saturated carbocycles. The van der Waals surface area contributed by atoms with Crippen LogP contribution in [0.5, 0.6) is 0 Å². The minimum atomic E-state index is 0.0799. The molecule has 0 aromatic rings. The first kappa shape index (κ1) is 16.7. The van der Waals surface area contributed by atoms with E-state index in [0.717, 1.165) is 32.5 Å². The van der Waals surface area contributed by atoms with Gasteiger partial charge in [0.05, 0.1) is 6.61 Å². The average Bonchev–Trinajstić information content (AvgIpc) is 2.46. The topological polar surface area (TPSA) is 18.5 Å². The molecular weight excluding hydrogens is 236 g/mol. The number of ether oxygens (including phenoxy) is 2. The van der Waals surface area contributed by atoms with Crippen molar-refractivity contribution in [3.05, 3.63) is 12.2 Å². The van der Waals surface area contributed by atoms with E-state index in [1.807, 2.05) is 0 Å². The molecule has 0 radical (unpaired) electrons. The maximum atomic E-state index is 5.70. The number of hydrogen-bond donors (Lipinski definition) is 0. The quantitative estimate of drug-likeness (QED) is 0.377. The molecule has 1 aliphatic heterocycles. The summed E-state index contributed by atoms with van der Waals surface area (Å²) in [6.45, 7) is 3.98. The Morgan fingerprint density at radius 2 is 1.79 bits per heavy atom. The molecule has 19 heavy (non-hydrogen) atoms. The first-order chi connectivity index (χ1) is 9.43. The molecule has 1 fully saturated rings. The highest BCUT2D eigenvalue weighted by atomic mass is 16.7. The molecule has 0 aliphatic carbocycles. The fourth-order valence-corrected chi connectivity index (χ4v) is 2.36. The molecule has 0 amide bonds. The standard InChI is InChI=1S/C17H32O2/c1-2-3-4-5-6-7-8-9-10-12-15-18-17-14-11-13-16-19-17/h8-9,17H,2-7,10-16H2,1H3/b9-8-. The highest BCUT2D eigenvalue weighted by Crippen LogP contribution is 2.14. The Labute approximate surface area is 119 Å². The van der Waals surface area contributed by atoms with Crippen LogP contribution in [0.2, 0.25) is 0 Å². The van der Waals surface area contributed by atoms with Crippen LogP contribution in [0.25, 0.3) is 0 Å². The Morgan fingerprint density at radius 3 is 2.53 bits per heavy atom. The highest BCUT2D eigenvalue weighted by Gasteiger charge is 2.12. The second-order valence-electron chi connectivity index (χ2n) is 5.48. The third-order valence-corrected chi connectivity index (χ3v) is 3.60. The minimum absolute atomic E-state index is 0.0799. The molecule has 0 aromatic carbocycles. The van der Waals surface area contributed by atoms with Crippen LogP contribution in [0.15, 0.2) is 12.2 Å². The molecule has 1 aliphatic rings. The van der Waals surface area contributed by atoms with Crippen LogP contribution < -0.4 is 0 Å². The SMILES string of the molecule is CCCCCCC/C=C\CCCOC1CCCCO1. The van der Waals surface area contributed by atoms with Crippen LogP contribution in [-0.4, -0.2) is 19.5 Å². The molecule has 1 atom stereocenters. The summed E-state index contributed by atoms with van der Waals surface area (Å²) in [5.74, 6) is 0. The molecule has 0 aromatic heterocycles. The van der Waals surface area contributed by atoms with Crippen LogP contribution in [0.4, 0.5) is 0 Å². The van der Waals surface area contributed by atoms with Gasteiger partial charge in [-0.3, -0.25) is 0 Å². The van der Waals surface area contributed by atoms with Crippen LogP contribution >= 0.6 is 0 Å². The van der Waals surface area contributed by atoms with Crippen molar-refractivity contribution in [3.63, 3.8) is 0 Å². The van der Waals surface area contributed by atoms with Gasteiger partial charge in [0, 0.05) is 6.61 Å². The zero-order chi connectivity index (χ0) is 13.6. The fourth-order valence-electron chi connectivity index (χ4n) is 2.36. The Balaban J connectivity index is 1.79. The smallest absolute Gasteiger partial charge is 0.157 e. The van der Waals surface area contributed by atoms with Gasteiger partial charge in [0.25, 0.3) is 0 Å². The average molecular weight is 268 g/mol. The number of allylic oxidation sites excluding steroid dienone is 2. The number of rotatable bonds is 11. The fraction of sp³-hybridized carbons (Fsp3) is 0.882. The normalized spacial score (nSPS) is 20.2. The van der Waals surface area contributed by atoms with E-state index in [-0.39, 0.29) is 6.29 Å². The van der Waals surface area contributed by atoms with Gasteiger partial charge in [-0.15, -0.1) is 0 Å². The van der Waals surface area contributed by atoms with E-state index in [1.54, 1.807) is 0 Å². The van der Waals surface area contributed by atoms with E-state index >= 15 is 0 Å². The van der Waals surface area contributed by atoms with Crippen LogP contribution in [0.3, 0.4) is 0 Å². The summed E-state index contributed by atoms with van der Waals surface area (Å²) < 4.78 is 11.2. The van der Waals surface area contributed by atoms with E-state index in [1.165, 1.54) is 51.4 Å². The maximum Gasteiger partial charge on any atom is 0.157 e. The molecule has 112 valence electrons. The van der Waals surface area contributed by atoms with Crippen molar-refractivity contribution in [2.24, 2.45) is 0 Å². The van der Waals surface area contributed by atoms with Crippen molar-refractivity contribution in [3.8, 4) is 0 Å². The van der Waals surface area contributed by atoms with Crippen molar-refractivity contribution in [1.82, 2.24) is 0 Å². The van der Waals surface area contributed by atoms with E-state index in [0.29, 0.717) is 0 Å². The lowest BCUT2D eigenvalue weighted by Gasteiger charge is -2.22. The van der Waals surface area contributed by atoms with E-state index in [2.05, 4.69) is 19.1 Å². The van der Waals surface area contributed by atoms with Gasteiger partial charge in [-0.1, -0.05) is 44.8 Å². The number of unbranched alkanes of at least 4 members (excludes halogenated alkanes) is 6. The van der Waals surface area contributed by atoms with Gasteiger partial charge in [0.1, 0.15) is 0 Å². The molecule has 0 N–H and O–H groups in total. The van der Waals surface area contributed by atoms with Crippen molar-refractivity contribution < 1.29 is 9.47 Å². The Morgan fingerprint density at radius 1 is 1.00 bits per heavy atom. The van der Waals surface area contributed by atoms with Gasteiger partial charge in [0.15, 0.2) is 6.29 Å². The van der Waals surface area contributed by atoms with E-state index in [9.17, 15) is 0 Å². The monoisotopic (exact) mass is 268 g/mol. The summed E-state index contributed by atoms with van der Waals surface area (Å²) in [6.07, 6.45) is 18.6. The van der Waals surface area contributed by atoms with E-state index in [4.69, 9.17) is 9.47 Å². The Hall–Kier alpha value is -0.340. The van der Waals surface area contributed by atoms with Crippen molar-refractivity contribution >= 4 is 0 Å². The summed E-state index contributed by atoms with van der Waals surface area (Å²) in [7, 11) is 0. The second kappa shape index (κ2) is 12.7. The molecule has 0 spiro atoms. The Kier molecular flexibility index (Phi) is 11.2. The third-order valence-electron chi connectivity index (χ3n) is 3.60. The molecule has 1 heterocycles. The lowest BCUT2D eigenvalue weighted by atomic mass is 10.1. The van der Waals surface area contributed by atoms with Crippen LogP contribution in [0, 0.1) is 0 Å². The summed E-state index contributed by atoms with van der Waals surface area (Å²) >= 11 is 0. The van der Waals surface area contributed by atoms with Gasteiger partial charge in [0.2, 0.25) is 0 Å². The van der Waals surface area contributed by atoms with Gasteiger partial charge in [-0.2, -0.15) is 0 Å². The van der Waals surface area contributed by atoms with Gasteiger partial charge < -0.3 is 9.47 Å². The lowest BCUT2D eigenvalue weighted by molar-refractivity contribution is -0.162. The van der Waals surface area contributed by atoms with Crippen LogP contribution in [0.1, 0.15) is 77.6 Å². The first-order valence-corrected chi connectivity index (χ1v) is 8.31.